The number of nitrogens with two attached hydrogens (primary N) is 1. The Bertz CT molecular complexity index is 541. The summed E-state index contributed by atoms with van der Waals surface area (Å²) in [6.07, 6.45) is 3.92. The summed E-state index contributed by atoms with van der Waals surface area (Å²) in [5.41, 5.74) is 8.85. The van der Waals surface area contributed by atoms with Gasteiger partial charge in [0.05, 0.1) is 16.3 Å². The van der Waals surface area contributed by atoms with Gasteiger partial charge in [0.1, 0.15) is 5.82 Å². The van der Waals surface area contributed by atoms with Gasteiger partial charge in [-0.15, -0.1) is 0 Å². The van der Waals surface area contributed by atoms with Crippen molar-refractivity contribution in [2.75, 3.05) is 11.5 Å². The van der Waals surface area contributed by atoms with Crippen LogP contribution in [0.25, 0.3) is 11.0 Å². The van der Waals surface area contributed by atoms with Crippen molar-refractivity contribution in [3.63, 3.8) is 0 Å². The van der Waals surface area contributed by atoms with Crippen LogP contribution in [0.4, 0.5) is 5.69 Å². The number of nitrogen functional groups attached to an aromatic ring is 1. The second kappa shape index (κ2) is 4.26. The summed E-state index contributed by atoms with van der Waals surface area (Å²) in [7, 11) is 2.10. The number of anilines is 1. The molecule has 2 heterocycles. The average molecular weight is 247 g/mol. The van der Waals surface area contributed by atoms with Crippen LogP contribution in [0.1, 0.15) is 30.3 Å². The van der Waals surface area contributed by atoms with Gasteiger partial charge in [0.2, 0.25) is 0 Å². The summed E-state index contributed by atoms with van der Waals surface area (Å²) < 4.78 is 2.20. The van der Waals surface area contributed by atoms with Crippen LogP contribution < -0.4 is 5.73 Å². The van der Waals surface area contributed by atoms with Gasteiger partial charge in [0.25, 0.3) is 0 Å². The van der Waals surface area contributed by atoms with Gasteiger partial charge in [0.15, 0.2) is 0 Å². The molecule has 0 bridgehead atoms. The molecule has 1 unspecified atom stereocenters. The van der Waals surface area contributed by atoms with Gasteiger partial charge in [0, 0.05) is 12.7 Å². The maximum Gasteiger partial charge on any atom is 0.122 e. The van der Waals surface area contributed by atoms with Gasteiger partial charge in [-0.05, 0) is 36.8 Å². The summed E-state index contributed by atoms with van der Waals surface area (Å²) in [6, 6.07) is 5.95. The number of rotatable bonds is 1. The first-order valence-corrected chi connectivity index (χ1v) is 7.14. The molecule has 0 spiro atoms. The topological polar surface area (TPSA) is 43.8 Å². The van der Waals surface area contributed by atoms with Crippen LogP contribution in [0.3, 0.4) is 0 Å². The Morgan fingerprint density at radius 3 is 3.06 bits per heavy atom. The Labute approximate surface area is 105 Å². The molecule has 2 N–H and O–H groups in total. The number of aryl methyl sites for hydroxylation is 1. The summed E-state index contributed by atoms with van der Waals surface area (Å²) in [5, 5.41) is 0.558. The summed E-state index contributed by atoms with van der Waals surface area (Å²) >= 11 is 2.04. The SMILES string of the molecule is Cn1c(C2CCCCS2)nc2ccc(N)cc21. The van der Waals surface area contributed by atoms with Gasteiger partial charge >= 0.3 is 0 Å². The lowest BCUT2D eigenvalue weighted by Gasteiger charge is -2.20. The molecule has 0 aliphatic carbocycles. The van der Waals surface area contributed by atoms with Crippen molar-refractivity contribution in [2.45, 2.75) is 24.5 Å². The first-order valence-electron chi connectivity index (χ1n) is 6.09. The van der Waals surface area contributed by atoms with Crippen LogP contribution in [0.15, 0.2) is 18.2 Å². The molecule has 1 saturated heterocycles. The fraction of sp³-hybridized carbons (Fsp3) is 0.462. The van der Waals surface area contributed by atoms with Crippen molar-refractivity contribution in [1.29, 1.82) is 0 Å². The molecule has 1 aliphatic heterocycles. The van der Waals surface area contributed by atoms with Crippen molar-refractivity contribution in [2.24, 2.45) is 7.05 Å². The molecule has 3 nitrogen and oxygen atoms in total. The van der Waals surface area contributed by atoms with E-state index in [1.165, 1.54) is 30.8 Å². The Morgan fingerprint density at radius 1 is 1.41 bits per heavy atom. The van der Waals surface area contributed by atoms with Crippen LogP contribution in [-0.2, 0) is 7.05 Å². The smallest absolute Gasteiger partial charge is 0.122 e. The number of benzene rings is 1. The van der Waals surface area contributed by atoms with Crippen LogP contribution in [-0.4, -0.2) is 15.3 Å². The van der Waals surface area contributed by atoms with Crippen LogP contribution >= 0.6 is 11.8 Å². The Morgan fingerprint density at radius 2 is 2.29 bits per heavy atom. The number of hydrogen-bond acceptors (Lipinski definition) is 3. The van der Waals surface area contributed by atoms with E-state index in [2.05, 4.69) is 11.6 Å². The molecule has 17 heavy (non-hydrogen) atoms. The van der Waals surface area contributed by atoms with Crippen LogP contribution in [0, 0.1) is 0 Å². The van der Waals surface area contributed by atoms with E-state index in [0.717, 1.165) is 16.7 Å². The lowest BCUT2D eigenvalue weighted by Crippen LogP contribution is -2.07. The third-order valence-corrected chi connectivity index (χ3v) is 4.78. The number of imidazole rings is 1. The highest BCUT2D eigenvalue weighted by molar-refractivity contribution is 7.99. The molecular weight excluding hydrogens is 230 g/mol. The molecule has 1 aromatic heterocycles. The number of aromatic nitrogens is 2. The maximum atomic E-state index is 5.83. The van der Waals surface area contributed by atoms with E-state index >= 15 is 0 Å². The van der Waals surface area contributed by atoms with Gasteiger partial charge in [-0.1, -0.05) is 6.42 Å². The highest BCUT2D eigenvalue weighted by Crippen LogP contribution is 2.38. The first kappa shape index (κ1) is 11.0. The lowest BCUT2D eigenvalue weighted by molar-refractivity contribution is 0.646. The highest BCUT2D eigenvalue weighted by atomic mass is 32.2. The third-order valence-electron chi connectivity index (χ3n) is 3.41. The van der Waals surface area contributed by atoms with Gasteiger partial charge in [-0.2, -0.15) is 11.8 Å². The quantitative estimate of drug-likeness (QED) is 0.787. The molecule has 4 heteroatoms. The van der Waals surface area contributed by atoms with Crippen LogP contribution in [0.2, 0.25) is 0 Å². The zero-order chi connectivity index (χ0) is 11.8. The van der Waals surface area contributed by atoms with Crippen molar-refractivity contribution in [1.82, 2.24) is 9.55 Å². The molecule has 3 rings (SSSR count). The van der Waals surface area contributed by atoms with E-state index in [0.29, 0.717) is 5.25 Å². The molecule has 1 aromatic carbocycles. The lowest BCUT2D eigenvalue weighted by atomic mass is 10.2. The van der Waals surface area contributed by atoms with Gasteiger partial charge in [-0.3, -0.25) is 0 Å². The predicted octanol–water partition coefficient (Wildman–Crippen LogP) is 3.11. The summed E-state index contributed by atoms with van der Waals surface area (Å²) in [4.78, 5) is 4.76. The number of hydrogen-bond donors (Lipinski definition) is 1. The maximum absolute atomic E-state index is 5.83. The fourth-order valence-corrected chi connectivity index (χ4v) is 3.81. The molecule has 0 radical (unpaired) electrons. The second-order valence-electron chi connectivity index (χ2n) is 4.63. The monoisotopic (exact) mass is 247 g/mol. The number of fused-ring (bicyclic) bond motifs is 1. The normalized spacial score (nSPS) is 20.9. The minimum Gasteiger partial charge on any atom is -0.399 e. The summed E-state index contributed by atoms with van der Waals surface area (Å²) in [6.45, 7) is 0. The van der Waals surface area contributed by atoms with Crippen molar-refractivity contribution in [3.05, 3.63) is 24.0 Å². The van der Waals surface area contributed by atoms with Gasteiger partial charge in [-0.25, -0.2) is 4.98 Å². The van der Waals surface area contributed by atoms with E-state index in [1.54, 1.807) is 0 Å². The molecule has 90 valence electrons. The summed E-state index contributed by atoms with van der Waals surface area (Å²) in [5.74, 6) is 2.46. The van der Waals surface area contributed by atoms with E-state index in [4.69, 9.17) is 10.7 Å². The van der Waals surface area contributed by atoms with Crippen molar-refractivity contribution in [3.8, 4) is 0 Å². The van der Waals surface area contributed by atoms with E-state index in [1.807, 2.05) is 30.0 Å². The van der Waals surface area contributed by atoms with E-state index in [9.17, 15) is 0 Å². The predicted molar refractivity (Wildman–Crippen MR) is 74.2 cm³/mol. The molecule has 1 fully saturated rings. The van der Waals surface area contributed by atoms with Crippen molar-refractivity contribution >= 4 is 28.5 Å². The zero-order valence-electron chi connectivity index (χ0n) is 10.0. The van der Waals surface area contributed by atoms with E-state index < -0.39 is 0 Å². The minimum atomic E-state index is 0.558. The highest BCUT2D eigenvalue weighted by Gasteiger charge is 2.21. The Hall–Kier alpha value is -1.16. The van der Waals surface area contributed by atoms with E-state index in [-0.39, 0.29) is 0 Å². The largest absolute Gasteiger partial charge is 0.399 e. The third kappa shape index (κ3) is 1.90. The Kier molecular flexibility index (Phi) is 2.74. The molecular formula is C13H17N3S. The van der Waals surface area contributed by atoms with Crippen LogP contribution in [0.5, 0.6) is 0 Å². The first-order chi connectivity index (χ1) is 8.25. The number of nitrogens with zero attached hydrogens (tertiary/aromatic N) is 2. The average Bonchev–Trinajstić information content (AvgIpc) is 2.68. The molecule has 0 amide bonds. The number of thioether (sulfide) groups is 1. The molecule has 0 saturated carbocycles. The fourth-order valence-electron chi connectivity index (χ4n) is 2.46. The minimum absolute atomic E-state index is 0.558. The van der Waals surface area contributed by atoms with Crippen molar-refractivity contribution < 1.29 is 0 Å². The van der Waals surface area contributed by atoms with Gasteiger partial charge < -0.3 is 10.3 Å². The molecule has 1 aliphatic rings. The standard InChI is InChI=1S/C13H17N3S/c1-16-11-8-9(14)5-6-10(11)15-13(16)12-4-2-3-7-17-12/h5-6,8,12H,2-4,7,14H2,1H3. The molecule has 2 aromatic rings. The second-order valence-corrected chi connectivity index (χ2v) is 5.94. The molecule has 1 atom stereocenters. The Balaban J connectivity index is 2.07. The zero-order valence-corrected chi connectivity index (χ0v) is 10.8.